The molecule has 0 aliphatic rings. The lowest BCUT2D eigenvalue weighted by atomic mass is 10.1. The summed E-state index contributed by atoms with van der Waals surface area (Å²) in [6.07, 6.45) is 1.73. The number of anilines is 1. The summed E-state index contributed by atoms with van der Waals surface area (Å²) in [4.78, 5) is 5.60. The van der Waals surface area contributed by atoms with Gasteiger partial charge in [-0.1, -0.05) is 30.3 Å². The smallest absolute Gasteiger partial charge is 0.0722 e. The van der Waals surface area contributed by atoms with E-state index in [4.69, 9.17) is 5.73 Å². The Hall–Kier alpha value is -2.13. The summed E-state index contributed by atoms with van der Waals surface area (Å²) in [5, 5.41) is 2.09. The van der Waals surface area contributed by atoms with E-state index in [9.17, 15) is 0 Å². The molecule has 3 rings (SSSR count). The minimum absolute atomic E-state index is 0.738. The number of aromatic nitrogens is 1. The fourth-order valence-electron chi connectivity index (χ4n) is 1.85. The van der Waals surface area contributed by atoms with Crippen molar-refractivity contribution in [1.82, 2.24) is 4.98 Å². The highest BCUT2D eigenvalue weighted by Gasteiger charge is 2.02. The molecule has 2 aromatic heterocycles. The molecule has 0 fully saturated rings. The van der Waals surface area contributed by atoms with Crippen LogP contribution in [0.3, 0.4) is 0 Å². The molecule has 0 saturated heterocycles. The third-order valence-corrected chi connectivity index (χ3v) is 3.69. The van der Waals surface area contributed by atoms with Crippen molar-refractivity contribution in [2.75, 3.05) is 5.73 Å². The maximum Gasteiger partial charge on any atom is 0.0722 e. The topological polar surface area (TPSA) is 38.9 Å². The van der Waals surface area contributed by atoms with Crippen LogP contribution in [0.5, 0.6) is 0 Å². The second-order valence-electron chi connectivity index (χ2n) is 4.03. The Morgan fingerprint density at radius 1 is 0.944 bits per heavy atom. The lowest BCUT2D eigenvalue weighted by Crippen LogP contribution is -1.88. The zero-order valence-corrected chi connectivity index (χ0v) is 10.5. The summed E-state index contributed by atoms with van der Waals surface area (Å²) in [5.74, 6) is 0. The molecule has 88 valence electrons. The summed E-state index contributed by atoms with van der Waals surface area (Å²) < 4.78 is 0. The largest absolute Gasteiger partial charge is 0.399 e. The molecular weight excluding hydrogens is 240 g/mol. The van der Waals surface area contributed by atoms with Crippen LogP contribution in [-0.4, -0.2) is 4.98 Å². The second-order valence-corrected chi connectivity index (χ2v) is 4.98. The van der Waals surface area contributed by atoms with Crippen LogP contribution in [-0.2, 0) is 0 Å². The first-order valence-electron chi connectivity index (χ1n) is 5.69. The van der Waals surface area contributed by atoms with Gasteiger partial charge < -0.3 is 5.73 Å². The van der Waals surface area contributed by atoms with Crippen LogP contribution in [0.25, 0.3) is 21.7 Å². The van der Waals surface area contributed by atoms with E-state index >= 15 is 0 Å². The van der Waals surface area contributed by atoms with Crippen LogP contribution in [0.4, 0.5) is 5.69 Å². The van der Waals surface area contributed by atoms with Crippen molar-refractivity contribution in [3.8, 4) is 21.7 Å². The molecule has 2 nitrogen and oxygen atoms in total. The molecule has 2 heterocycles. The number of hydrogen-bond donors (Lipinski definition) is 1. The van der Waals surface area contributed by atoms with Crippen molar-refractivity contribution < 1.29 is 0 Å². The standard InChI is InChI=1S/C15H12N2S/c16-13-7-8-17-14(10-13)11-3-5-12(6-4-11)15-2-1-9-18-15/h1-10H,(H2,16,17). The molecule has 3 heteroatoms. The molecule has 2 N–H and O–H groups in total. The van der Waals surface area contributed by atoms with Crippen LogP contribution in [0.2, 0.25) is 0 Å². The SMILES string of the molecule is Nc1ccnc(-c2ccc(-c3cccs3)cc2)c1. The van der Waals surface area contributed by atoms with Gasteiger partial charge >= 0.3 is 0 Å². The van der Waals surface area contributed by atoms with E-state index < -0.39 is 0 Å². The van der Waals surface area contributed by atoms with Crippen LogP contribution < -0.4 is 5.73 Å². The normalized spacial score (nSPS) is 10.4. The number of benzene rings is 1. The van der Waals surface area contributed by atoms with Gasteiger partial charge in [0.15, 0.2) is 0 Å². The predicted octanol–water partition coefficient (Wildman–Crippen LogP) is 4.06. The van der Waals surface area contributed by atoms with Gasteiger partial charge in [0, 0.05) is 22.3 Å². The van der Waals surface area contributed by atoms with E-state index in [1.54, 1.807) is 23.6 Å². The second kappa shape index (κ2) is 4.63. The van der Waals surface area contributed by atoms with E-state index in [1.807, 2.05) is 6.07 Å². The molecule has 3 aromatic rings. The Labute approximate surface area is 110 Å². The van der Waals surface area contributed by atoms with E-state index in [-0.39, 0.29) is 0 Å². The number of nitrogens with zero attached hydrogens (tertiary/aromatic N) is 1. The van der Waals surface area contributed by atoms with Crippen LogP contribution in [0, 0.1) is 0 Å². The molecule has 0 bridgehead atoms. The molecule has 0 aliphatic carbocycles. The molecule has 0 saturated carbocycles. The van der Waals surface area contributed by atoms with Gasteiger partial charge in [0.2, 0.25) is 0 Å². The molecule has 0 radical (unpaired) electrons. The molecule has 0 unspecified atom stereocenters. The molecular formula is C15H12N2S. The number of pyridine rings is 1. The Balaban J connectivity index is 1.96. The van der Waals surface area contributed by atoms with Crippen molar-refractivity contribution in [1.29, 1.82) is 0 Å². The van der Waals surface area contributed by atoms with Crippen LogP contribution >= 0.6 is 11.3 Å². The highest BCUT2D eigenvalue weighted by molar-refractivity contribution is 7.13. The highest BCUT2D eigenvalue weighted by Crippen LogP contribution is 2.27. The quantitative estimate of drug-likeness (QED) is 0.747. The van der Waals surface area contributed by atoms with Crippen molar-refractivity contribution in [3.05, 3.63) is 60.1 Å². The Morgan fingerprint density at radius 3 is 2.39 bits per heavy atom. The average Bonchev–Trinajstić information content (AvgIpc) is 2.93. The summed E-state index contributed by atoms with van der Waals surface area (Å²) in [7, 11) is 0. The number of thiophene rings is 1. The van der Waals surface area contributed by atoms with Crippen LogP contribution in [0.1, 0.15) is 0 Å². The Morgan fingerprint density at radius 2 is 1.72 bits per heavy atom. The fraction of sp³-hybridized carbons (Fsp3) is 0. The summed E-state index contributed by atoms with van der Waals surface area (Å²) in [6.45, 7) is 0. The van der Waals surface area contributed by atoms with Gasteiger partial charge in [-0.05, 0) is 29.1 Å². The van der Waals surface area contributed by atoms with Crippen LogP contribution in [0.15, 0.2) is 60.1 Å². The number of nitrogen functional groups attached to an aromatic ring is 1. The molecule has 18 heavy (non-hydrogen) atoms. The summed E-state index contributed by atoms with van der Waals surface area (Å²) >= 11 is 1.74. The van der Waals surface area contributed by atoms with Crippen molar-refractivity contribution in [2.45, 2.75) is 0 Å². The average molecular weight is 252 g/mol. The maximum absolute atomic E-state index is 5.76. The summed E-state index contributed by atoms with van der Waals surface area (Å²) in [5.41, 5.74) is 9.73. The molecule has 0 spiro atoms. The van der Waals surface area contributed by atoms with Gasteiger partial charge in [-0.15, -0.1) is 11.3 Å². The Kier molecular flexibility index (Phi) is 2.82. The monoisotopic (exact) mass is 252 g/mol. The number of rotatable bonds is 2. The predicted molar refractivity (Wildman–Crippen MR) is 77.4 cm³/mol. The van der Waals surface area contributed by atoms with E-state index in [0.29, 0.717) is 0 Å². The lowest BCUT2D eigenvalue weighted by Gasteiger charge is -2.03. The van der Waals surface area contributed by atoms with Gasteiger partial charge in [0.25, 0.3) is 0 Å². The highest BCUT2D eigenvalue weighted by atomic mass is 32.1. The van der Waals surface area contributed by atoms with Gasteiger partial charge in [-0.2, -0.15) is 0 Å². The number of hydrogen-bond acceptors (Lipinski definition) is 3. The van der Waals surface area contributed by atoms with E-state index in [1.165, 1.54) is 10.4 Å². The van der Waals surface area contributed by atoms with Gasteiger partial charge in [0.05, 0.1) is 5.69 Å². The first-order valence-corrected chi connectivity index (χ1v) is 6.57. The molecule has 0 aliphatic heterocycles. The summed E-state index contributed by atoms with van der Waals surface area (Å²) in [6, 6.07) is 16.3. The molecule has 0 atom stereocenters. The zero-order valence-electron chi connectivity index (χ0n) is 9.71. The van der Waals surface area contributed by atoms with Crippen molar-refractivity contribution in [3.63, 3.8) is 0 Å². The first-order chi connectivity index (χ1) is 8.83. The molecule has 1 aromatic carbocycles. The minimum atomic E-state index is 0.738. The molecule has 0 amide bonds. The lowest BCUT2D eigenvalue weighted by molar-refractivity contribution is 1.33. The van der Waals surface area contributed by atoms with Crippen molar-refractivity contribution >= 4 is 17.0 Å². The minimum Gasteiger partial charge on any atom is -0.399 e. The van der Waals surface area contributed by atoms with E-state index in [2.05, 4.69) is 46.8 Å². The van der Waals surface area contributed by atoms with Gasteiger partial charge in [0.1, 0.15) is 0 Å². The maximum atomic E-state index is 5.76. The van der Waals surface area contributed by atoms with Gasteiger partial charge in [-0.3, -0.25) is 4.98 Å². The van der Waals surface area contributed by atoms with E-state index in [0.717, 1.165) is 16.9 Å². The number of nitrogens with two attached hydrogens (primary N) is 1. The third-order valence-electron chi connectivity index (χ3n) is 2.77. The van der Waals surface area contributed by atoms with Crippen molar-refractivity contribution in [2.24, 2.45) is 0 Å². The Bertz CT molecular complexity index is 643. The third kappa shape index (κ3) is 2.13. The fourth-order valence-corrected chi connectivity index (χ4v) is 2.59. The van der Waals surface area contributed by atoms with Gasteiger partial charge in [-0.25, -0.2) is 0 Å². The first kappa shape index (κ1) is 11.0. The zero-order chi connectivity index (χ0) is 12.4.